The predicted molar refractivity (Wildman–Crippen MR) is 106 cm³/mol. The minimum Gasteiger partial charge on any atom is -0.381 e. The van der Waals surface area contributed by atoms with Gasteiger partial charge < -0.3 is 20.1 Å². The average Bonchev–Trinajstić information content (AvgIpc) is 3.15. The molecule has 0 bridgehead atoms. The van der Waals surface area contributed by atoms with Crippen molar-refractivity contribution in [2.75, 3.05) is 46.3 Å². The standard InChI is InChI=1S/C19H30FN3O2S/c1-21-19(22-7-3-8-24-12-15-6-9-25-13-15)23-11-16-4-5-18(20)10-17(16)14-26-2/h4-5,10,15H,3,6-9,11-14H2,1-2H3,(H2,21,22,23). The van der Waals surface area contributed by atoms with Crippen molar-refractivity contribution in [3.05, 3.63) is 35.1 Å². The number of nitrogens with zero attached hydrogens (tertiary/aromatic N) is 1. The molecule has 1 unspecified atom stereocenters. The summed E-state index contributed by atoms with van der Waals surface area (Å²) in [6, 6.07) is 4.95. The zero-order valence-electron chi connectivity index (χ0n) is 15.7. The summed E-state index contributed by atoms with van der Waals surface area (Å²) in [7, 11) is 1.75. The third-order valence-corrected chi connectivity index (χ3v) is 4.87. The van der Waals surface area contributed by atoms with E-state index in [2.05, 4.69) is 15.6 Å². The molecule has 146 valence electrons. The summed E-state index contributed by atoms with van der Waals surface area (Å²) in [4.78, 5) is 4.23. The first-order valence-corrected chi connectivity index (χ1v) is 10.5. The molecule has 0 saturated carbocycles. The van der Waals surface area contributed by atoms with Gasteiger partial charge in [-0.1, -0.05) is 6.07 Å². The van der Waals surface area contributed by atoms with E-state index in [9.17, 15) is 4.39 Å². The molecule has 0 amide bonds. The maximum absolute atomic E-state index is 13.4. The van der Waals surface area contributed by atoms with Crippen LogP contribution < -0.4 is 10.6 Å². The lowest BCUT2D eigenvalue weighted by atomic mass is 10.1. The van der Waals surface area contributed by atoms with Gasteiger partial charge in [0.05, 0.1) is 13.2 Å². The number of hydrogen-bond donors (Lipinski definition) is 2. The summed E-state index contributed by atoms with van der Waals surface area (Å²) in [6.07, 6.45) is 4.05. The molecule has 7 heteroatoms. The molecule has 1 aliphatic heterocycles. The first kappa shape index (κ1) is 21.0. The maximum atomic E-state index is 13.4. The quantitative estimate of drug-likeness (QED) is 0.370. The predicted octanol–water partition coefficient (Wildman–Crippen LogP) is 2.80. The topological polar surface area (TPSA) is 54.9 Å². The van der Waals surface area contributed by atoms with Crippen molar-refractivity contribution in [1.29, 1.82) is 0 Å². The van der Waals surface area contributed by atoms with Crippen LogP contribution in [0.2, 0.25) is 0 Å². The molecule has 0 spiro atoms. The summed E-state index contributed by atoms with van der Waals surface area (Å²) in [6.45, 7) is 4.63. The molecule has 1 saturated heterocycles. The lowest BCUT2D eigenvalue weighted by molar-refractivity contribution is 0.0888. The van der Waals surface area contributed by atoms with E-state index in [0.717, 1.165) is 68.7 Å². The highest BCUT2D eigenvalue weighted by molar-refractivity contribution is 7.97. The number of nitrogens with one attached hydrogen (secondary N) is 2. The number of hydrogen-bond acceptors (Lipinski definition) is 4. The van der Waals surface area contributed by atoms with Crippen LogP contribution in [0.15, 0.2) is 23.2 Å². The number of aliphatic imine (C=N–C) groups is 1. The lowest BCUT2D eigenvalue weighted by Crippen LogP contribution is -2.37. The van der Waals surface area contributed by atoms with Crippen LogP contribution in [0.3, 0.4) is 0 Å². The van der Waals surface area contributed by atoms with Gasteiger partial charge in [-0.2, -0.15) is 11.8 Å². The van der Waals surface area contributed by atoms with Gasteiger partial charge in [0.25, 0.3) is 0 Å². The number of ether oxygens (including phenoxy) is 2. The highest BCUT2D eigenvalue weighted by atomic mass is 32.2. The summed E-state index contributed by atoms with van der Waals surface area (Å²) in [5, 5.41) is 6.58. The van der Waals surface area contributed by atoms with Crippen LogP contribution in [0.5, 0.6) is 0 Å². The van der Waals surface area contributed by atoms with Crippen molar-refractivity contribution in [2.24, 2.45) is 10.9 Å². The Balaban J connectivity index is 1.64. The molecule has 26 heavy (non-hydrogen) atoms. The Labute approximate surface area is 160 Å². The van der Waals surface area contributed by atoms with E-state index < -0.39 is 0 Å². The summed E-state index contributed by atoms with van der Waals surface area (Å²) in [5.41, 5.74) is 2.11. The monoisotopic (exact) mass is 383 g/mol. The van der Waals surface area contributed by atoms with Crippen LogP contribution >= 0.6 is 11.8 Å². The van der Waals surface area contributed by atoms with Gasteiger partial charge in [0.2, 0.25) is 0 Å². The van der Waals surface area contributed by atoms with Gasteiger partial charge in [-0.25, -0.2) is 4.39 Å². The second-order valence-corrected chi connectivity index (χ2v) is 7.22. The molecule has 1 heterocycles. The van der Waals surface area contributed by atoms with E-state index in [4.69, 9.17) is 9.47 Å². The molecule has 0 radical (unpaired) electrons. The molecule has 2 rings (SSSR count). The molecule has 0 aromatic heterocycles. The van der Waals surface area contributed by atoms with Gasteiger partial charge in [0.1, 0.15) is 5.82 Å². The molecule has 1 atom stereocenters. The molecule has 1 aromatic carbocycles. The van der Waals surface area contributed by atoms with Gasteiger partial charge in [0, 0.05) is 45.0 Å². The first-order valence-electron chi connectivity index (χ1n) is 9.09. The maximum Gasteiger partial charge on any atom is 0.191 e. The van der Waals surface area contributed by atoms with E-state index in [-0.39, 0.29) is 5.82 Å². The third-order valence-electron chi connectivity index (χ3n) is 4.27. The Kier molecular flexibility index (Phi) is 9.81. The molecule has 0 aliphatic carbocycles. The molecular formula is C19H30FN3O2S. The molecule has 2 N–H and O–H groups in total. The fourth-order valence-corrected chi connectivity index (χ4v) is 3.38. The van der Waals surface area contributed by atoms with Crippen LogP contribution in [0.4, 0.5) is 4.39 Å². The molecule has 1 fully saturated rings. The van der Waals surface area contributed by atoms with Crippen molar-refractivity contribution in [3.8, 4) is 0 Å². The van der Waals surface area contributed by atoms with Gasteiger partial charge in [-0.3, -0.25) is 4.99 Å². The molecule has 1 aliphatic rings. The van der Waals surface area contributed by atoms with Crippen molar-refractivity contribution in [1.82, 2.24) is 10.6 Å². The number of thioether (sulfide) groups is 1. The van der Waals surface area contributed by atoms with Gasteiger partial charge in [0.15, 0.2) is 5.96 Å². The fraction of sp³-hybridized carbons (Fsp3) is 0.632. The SMILES string of the molecule is CN=C(NCCCOCC1CCOC1)NCc1ccc(F)cc1CSC. The smallest absolute Gasteiger partial charge is 0.191 e. The Hall–Kier alpha value is -1.31. The van der Waals surface area contributed by atoms with E-state index in [1.54, 1.807) is 24.9 Å². The van der Waals surface area contributed by atoms with Gasteiger partial charge in [-0.15, -0.1) is 0 Å². The van der Waals surface area contributed by atoms with Gasteiger partial charge in [-0.05, 0) is 42.4 Å². The summed E-state index contributed by atoms with van der Waals surface area (Å²) in [5.74, 6) is 1.91. The second kappa shape index (κ2) is 12.1. The lowest BCUT2D eigenvalue weighted by Gasteiger charge is -2.14. The molecule has 1 aromatic rings. The summed E-state index contributed by atoms with van der Waals surface area (Å²) >= 11 is 1.69. The number of benzene rings is 1. The first-order chi connectivity index (χ1) is 12.7. The second-order valence-electron chi connectivity index (χ2n) is 6.36. The van der Waals surface area contributed by atoms with Crippen LogP contribution in [0.1, 0.15) is 24.0 Å². The fourth-order valence-electron chi connectivity index (χ4n) is 2.80. The van der Waals surface area contributed by atoms with Crippen LogP contribution in [0, 0.1) is 11.7 Å². The third kappa shape index (κ3) is 7.51. The van der Waals surface area contributed by atoms with E-state index in [1.807, 2.05) is 12.3 Å². The Morgan fingerprint density at radius 3 is 3.00 bits per heavy atom. The van der Waals surface area contributed by atoms with E-state index in [0.29, 0.717) is 12.5 Å². The normalized spacial score (nSPS) is 17.5. The zero-order valence-corrected chi connectivity index (χ0v) is 16.5. The van der Waals surface area contributed by atoms with Crippen LogP contribution in [-0.4, -0.2) is 52.2 Å². The van der Waals surface area contributed by atoms with E-state index >= 15 is 0 Å². The number of halogens is 1. The summed E-state index contributed by atoms with van der Waals surface area (Å²) < 4.78 is 24.5. The minimum absolute atomic E-state index is 0.190. The Bertz CT molecular complexity index is 566. The van der Waals surface area contributed by atoms with Crippen LogP contribution in [-0.2, 0) is 21.8 Å². The van der Waals surface area contributed by atoms with E-state index in [1.165, 1.54) is 6.07 Å². The average molecular weight is 384 g/mol. The van der Waals surface area contributed by atoms with Crippen molar-refractivity contribution < 1.29 is 13.9 Å². The van der Waals surface area contributed by atoms with Crippen molar-refractivity contribution in [2.45, 2.75) is 25.1 Å². The Morgan fingerprint density at radius 2 is 2.27 bits per heavy atom. The number of guanidine groups is 1. The highest BCUT2D eigenvalue weighted by Crippen LogP contribution is 2.16. The molecular weight excluding hydrogens is 353 g/mol. The van der Waals surface area contributed by atoms with Crippen molar-refractivity contribution >= 4 is 17.7 Å². The number of rotatable bonds is 10. The zero-order chi connectivity index (χ0) is 18.6. The van der Waals surface area contributed by atoms with Crippen molar-refractivity contribution in [3.63, 3.8) is 0 Å². The largest absolute Gasteiger partial charge is 0.381 e. The Morgan fingerprint density at radius 1 is 1.38 bits per heavy atom. The molecule has 5 nitrogen and oxygen atoms in total. The highest BCUT2D eigenvalue weighted by Gasteiger charge is 2.15. The minimum atomic E-state index is -0.190. The van der Waals surface area contributed by atoms with Gasteiger partial charge >= 0.3 is 0 Å². The van der Waals surface area contributed by atoms with Crippen LogP contribution in [0.25, 0.3) is 0 Å².